The Kier molecular flexibility index (Phi) is 6.71. The van der Waals surface area contributed by atoms with E-state index in [1.807, 2.05) is 13.8 Å². The smallest absolute Gasteiger partial charge is 0.200 e. The van der Waals surface area contributed by atoms with Gasteiger partial charge in [0.15, 0.2) is 0 Å². The minimum absolute atomic E-state index is 0.335. The van der Waals surface area contributed by atoms with Crippen LogP contribution >= 0.6 is 7.37 Å². The number of rotatable bonds is 7. The third kappa shape index (κ3) is 8.52. The van der Waals surface area contributed by atoms with Crippen LogP contribution in [0, 0.1) is 5.92 Å². The third-order valence-electron chi connectivity index (χ3n) is 2.01. The zero-order chi connectivity index (χ0) is 10.3. The first-order valence-corrected chi connectivity index (χ1v) is 7.32. The van der Waals surface area contributed by atoms with E-state index in [-0.39, 0.29) is 0 Å². The second-order valence-corrected chi connectivity index (χ2v) is 6.71. The summed E-state index contributed by atoms with van der Waals surface area (Å²) in [5.41, 5.74) is 0. The van der Waals surface area contributed by atoms with Crippen molar-refractivity contribution >= 4 is 7.37 Å². The molecule has 13 heavy (non-hydrogen) atoms. The average molecular weight is 206 g/mol. The molecule has 0 fully saturated rings. The highest BCUT2D eigenvalue weighted by Gasteiger charge is 2.18. The summed E-state index contributed by atoms with van der Waals surface area (Å²) in [4.78, 5) is 9.54. The van der Waals surface area contributed by atoms with E-state index in [1.165, 1.54) is 12.8 Å². The van der Waals surface area contributed by atoms with Crippen molar-refractivity contribution in [3.8, 4) is 0 Å². The number of hydrogen-bond donors (Lipinski definition) is 1. The molecular formula is C10H23O2P. The van der Waals surface area contributed by atoms with Gasteiger partial charge in [-0.3, -0.25) is 4.57 Å². The van der Waals surface area contributed by atoms with Crippen molar-refractivity contribution in [2.24, 2.45) is 5.92 Å². The Morgan fingerprint density at radius 3 is 2.31 bits per heavy atom. The highest BCUT2D eigenvalue weighted by molar-refractivity contribution is 7.57. The molecule has 0 aromatic carbocycles. The SMILES string of the molecule is CCCCCCP(=O)(O)CC(C)C. The fourth-order valence-corrected chi connectivity index (χ4v) is 3.49. The van der Waals surface area contributed by atoms with Crippen LogP contribution in [0.1, 0.15) is 46.5 Å². The Balaban J connectivity index is 3.57. The molecule has 0 bridgehead atoms. The summed E-state index contributed by atoms with van der Waals surface area (Å²) < 4.78 is 11.5. The normalized spacial score (nSPS) is 16.1. The molecule has 80 valence electrons. The molecule has 0 spiro atoms. The Morgan fingerprint density at radius 1 is 1.23 bits per heavy atom. The van der Waals surface area contributed by atoms with Gasteiger partial charge < -0.3 is 4.89 Å². The van der Waals surface area contributed by atoms with Crippen LogP contribution in [-0.2, 0) is 4.57 Å². The molecule has 0 aliphatic heterocycles. The highest BCUT2D eigenvalue weighted by Crippen LogP contribution is 2.43. The van der Waals surface area contributed by atoms with Gasteiger partial charge in [0.25, 0.3) is 0 Å². The molecule has 3 heteroatoms. The molecular weight excluding hydrogens is 183 g/mol. The Bertz CT molecular complexity index is 166. The average Bonchev–Trinajstić information content (AvgIpc) is 1.95. The van der Waals surface area contributed by atoms with E-state index in [4.69, 9.17) is 0 Å². The molecule has 0 rings (SSSR count). The molecule has 0 saturated heterocycles. The van der Waals surface area contributed by atoms with E-state index < -0.39 is 7.37 Å². The second kappa shape index (κ2) is 6.62. The topological polar surface area (TPSA) is 37.3 Å². The first-order chi connectivity index (χ1) is 5.98. The molecule has 0 heterocycles. The van der Waals surface area contributed by atoms with E-state index in [9.17, 15) is 9.46 Å². The van der Waals surface area contributed by atoms with Crippen molar-refractivity contribution in [3.63, 3.8) is 0 Å². The van der Waals surface area contributed by atoms with Crippen molar-refractivity contribution in [2.75, 3.05) is 12.3 Å². The van der Waals surface area contributed by atoms with Gasteiger partial charge in [0, 0.05) is 12.3 Å². The van der Waals surface area contributed by atoms with Crippen LogP contribution in [-0.4, -0.2) is 17.2 Å². The van der Waals surface area contributed by atoms with Gasteiger partial charge in [-0.1, -0.05) is 40.0 Å². The maximum Gasteiger partial charge on any atom is 0.200 e. The Hall–Kier alpha value is 0.190. The summed E-state index contributed by atoms with van der Waals surface area (Å²) in [6.07, 6.45) is 5.37. The maximum atomic E-state index is 11.5. The largest absolute Gasteiger partial charge is 0.344 e. The molecule has 0 amide bonds. The molecule has 0 aliphatic rings. The fourth-order valence-electron chi connectivity index (χ4n) is 1.45. The minimum atomic E-state index is -2.79. The highest BCUT2D eigenvalue weighted by atomic mass is 31.2. The first kappa shape index (κ1) is 13.2. The molecule has 0 radical (unpaired) electrons. The van der Waals surface area contributed by atoms with Crippen LogP contribution in [0.3, 0.4) is 0 Å². The standard InChI is InChI=1S/C10H23O2P/c1-4-5-6-7-8-13(11,12)9-10(2)3/h10H,4-9H2,1-3H3,(H,11,12). The predicted octanol–water partition coefficient (Wildman–Crippen LogP) is 3.49. The van der Waals surface area contributed by atoms with Gasteiger partial charge in [-0.15, -0.1) is 0 Å². The first-order valence-electron chi connectivity index (χ1n) is 5.29. The van der Waals surface area contributed by atoms with Crippen LogP contribution in [0.2, 0.25) is 0 Å². The summed E-state index contributed by atoms with van der Waals surface area (Å²) in [5.74, 6) is 0.335. The van der Waals surface area contributed by atoms with E-state index in [0.717, 1.165) is 12.8 Å². The van der Waals surface area contributed by atoms with Gasteiger partial charge in [-0.25, -0.2) is 0 Å². The van der Waals surface area contributed by atoms with Crippen LogP contribution in [0.15, 0.2) is 0 Å². The quantitative estimate of drug-likeness (QED) is 0.511. The van der Waals surface area contributed by atoms with Gasteiger partial charge in [-0.05, 0) is 12.3 Å². The lowest BCUT2D eigenvalue weighted by atomic mass is 10.2. The van der Waals surface area contributed by atoms with Crippen molar-refractivity contribution in [3.05, 3.63) is 0 Å². The summed E-state index contributed by atoms with van der Waals surface area (Å²) in [5, 5.41) is 0. The van der Waals surface area contributed by atoms with E-state index in [2.05, 4.69) is 6.92 Å². The second-order valence-electron chi connectivity index (χ2n) is 4.21. The molecule has 0 saturated carbocycles. The van der Waals surface area contributed by atoms with Crippen LogP contribution in [0.25, 0.3) is 0 Å². The molecule has 1 N–H and O–H groups in total. The molecule has 1 atom stereocenters. The summed E-state index contributed by atoms with van der Waals surface area (Å²) in [6.45, 7) is 6.14. The number of hydrogen-bond acceptors (Lipinski definition) is 1. The van der Waals surface area contributed by atoms with Crippen molar-refractivity contribution in [1.29, 1.82) is 0 Å². The molecule has 2 nitrogen and oxygen atoms in total. The zero-order valence-corrected chi connectivity index (χ0v) is 10.0. The van der Waals surface area contributed by atoms with E-state index in [0.29, 0.717) is 18.2 Å². The monoisotopic (exact) mass is 206 g/mol. The van der Waals surface area contributed by atoms with Gasteiger partial charge in [-0.2, -0.15) is 0 Å². The lowest BCUT2D eigenvalue weighted by Gasteiger charge is -2.13. The summed E-state index contributed by atoms with van der Waals surface area (Å²) in [7, 11) is -2.79. The summed E-state index contributed by atoms with van der Waals surface area (Å²) in [6, 6.07) is 0. The van der Waals surface area contributed by atoms with Crippen LogP contribution in [0.5, 0.6) is 0 Å². The van der Waals surface area contributed by atoms with Gasteiger partial charge >= 0.3 is 0 Å². The van der Waals surface area contributed by atoms with Crippen molar-refractivity contribution < 1.29 is 9.46 Å². The Labute approximate surface area is 82.2 Å². The van der Waals surface area contributed by atoms with Crippen molar-refractivity contribution in [1.82, 2.24) is 0 Å². The maximum absolute atomic E-state index is 11.5. The van der Waals surface area contributed by atoms with E-state index >= 15 is 0 Å². The van der Waals surface area contributed by atoms with Gasteiger partial charge in [0.05, 0.1) is 0 Å². The summed E-state index contributed by atoms with van der Waals surface area (Å²) >= 11 is 0. The van der Waals surface area contributed by atoms with Gasteiger partial charge in [0.2, 0.25) is 7.37 Å². The lowest BCUT2D eigenvalue weighted by Crippen LogP contribution is -2.01. The minimum Gasteiger partial charge on any atom is -0.344 e. The molecule has 0 aromatic heterocycles. The van der Waals surface area contributed by atoms with Crippen LogP contribution < -0.4 is 0 Å². The predicted molar refractivity (Wildman–Crippen MR) is 58.5 cm³/mol. The third-order valence-corrected chi connectivity index (χ3v) is 4.33. The molecule has 0 aromatic rings. The number of unbranched alkanes of at least 4 members (excludes halogenated alkanes) is 3. The Morgan fingerprint density at radius 2 is 1.85 bits per heavy atom. The molecule has 0 aliphatic carbocycles. The zero-order valence-electron chi connectivity index (χ0n) is 9.12. The molecule has 1 unspecified atom stereocenters. The fraction of sp³-hybridized carbons (Fsp3) is 1.00. The van der Waals surface area contributed by atoms with Crippen molar-refractivity contribution in [2.45, 2.75) is 46.5 Å². The van der Waals surface area contributed by atoms with Crippen LogP contribution in [0.4, 0.5) is 0 Å². The van der Waals surface area contributed by atoms with E-state index in [1.54, 1.807) is 0 Å². The van der Waals surface area contributed by atoms with Gasteiger partial charge in [0.1, 0.15) is 0 Å². The lowest BCUT2D eigenvalue weighted by molar-refractivity contribution is 0.465.